The van der Waals surface area contributed by atoms with E-state index in [4.69, 9.17) is 34.0 Å². The SMILES string of the molecule is CCCCCCCC/C=C\CCCCCCCC(=O)O.Nc1cc(Cl)c(N=C2NCCN2)c(Cl)c1. The fraction of sp³-hybridized carbons (Fsp3) is 0.630. The molecule has 0 unspecified atom stereocenters. The summed E-state index contributed by atoms with van der Waals surface area (Å²) in [6.45, 7) is 3.96. The van der Waals surface area contributed by atoms with Crippen molar-refractivity contribution in [1.29, 1.82) is 0 Å². The Kier molecular flexibility index (Phi) is 18.0. The second kappa shape index (κ2) is 20.3. The molecule has 0 amide bonds. The number of nitrogens with zero attached hydrogens (tertiary/aromatic N) is 1. The summed E-state index contributed by atoms with van der Waals surface area (Å²) >= 11 is 12.0. The molecule has 0 aliphatic carbocycles. The Morgan fingerprint density at radius 1 is 0.914 bits per heavy atom. The van der Waals surface area contributed by atoms with Crippen LogP contribution >= 0.6 is 23.2 Å². The lowest BCUT2D eigenvalue weighted by atomic mass is 10.1. The number of nitrogens with one attached hydrogen (secondary N) is 2. The average Bonchev–Trinajstić information content (AvgIpc) is 3.32. The van der Waals surface area contributed by atoms with Gasteiger partial charge in [-0.2, -0.15) is 0 Å². The number of hydrogen-bond donors (Lipinski definition) is 4. The van der Waals surface area contributed by atoms with Crippen molar-refractivity contribution in [3.05, 3.63) is 34.3 Å². The summed E-state index contributed by atoms with van der Waals surface area (Å²) in [5.74, 6) is 0.0196. The minimum atomic E-state index is -0.664. The van der Waals surface area contributed by atoms with Crippen molar-refractivity contribution in [2.75, 3.05) is 18.8 Å². The third kappa shape index (κ3) is 16.4. The summed E-state index contributed by atoms with van der Waals surface area (Å²) in [6.07, 6.45) is 21.2. The van der Waals surface area contributed by atoms with E-state index in [1.807, 2.05) is 0 Å². The zero-order chi connectivity index (χ0) is 25.7. The molecule has 8 heteroatoms. The monoisotopic (exact) mass is 526 g/mol. The predicted molar refractivity (Wildman–Crippen MR) is 151 cm³/mol. The van der Waals surface area contributed by atoms with Crippen LogP contribution in [-0.2, 0) is 4.79 Å². The van der Waals surface area contributed by atoms with E-state index in [-0.39, 0.29) is 0 Å². The maximum absolute atomic E-state index is 10.3. The van der Waals surface area contributed by atoms with Gasteiger partial charge in [-0.15, -0.1) is 0 Å². The average molecular weight is 528 g/mol. The molecular weight excluding hydrogens is 483 g/mol. The first-order valence-corrected chi connectivity index (χ1v) is 13.9. The van der Waals surface area contributed by atoms with Gasteiger partial charge in [-0.1, -0.05) is 93.6 Å². The molecule has 6 nitrogen and oxygen atoms in total. The molecule has 198 valence electrons. The quantitative estimate of drug-likeness (QED) is 0.0996. The van der Waals surface area contributed by atoms with Gasteiger partial charge in [0.2, 0.25) is 0 Å². The normalized spacial score (nSPS) is 12.7. The van der Waals surface area contributed by atoms with E-state index in [0.717, 1.165) is 25.9 Å². The smallest absolute Gasteiger partial charge is 0.303 e. The largest absolute Gasteiger partial charge is 0.481 e. The van der Waals surface area contributed by atoms with Crippen LogP contribution in [0.1, 0.15) is 96.8 Å². The van der Waals surface area contributed by atoms with Gasteiger partial charge in [-0.25, -0.2) is 4.99 Å². The van der Waals surface area contributed by atoms with Gasteiger partial charge in [-0.05, 0) is 44.2 Å². The van der Waals surface area contributed by atoms with Crippen LogP contribution in [0.4, 0.5) is 11.4 Å². The molecule has 1 aliphatic rings. The Bertz CT molecular complexity index is 753. The first kappa shape index (κ1) is 31.1. The number of carboxylic acids is 1. The molecule has 0 spiro atoms. The molecule has 0 aromatic heterocycles. The number of guanidine groups is 1. The Morgan fingerprint density at radius 3 is 1.91 bits per heavy atom. The lowest BCUT2D eigenvalue weighted by Crippen LogP contribution is -2.23. The van der Waals surface area contributed by atoms with E-state index in [0.29, 0.717) is 33.8 Å². The number of benzene rings is 1. The van der Waals surface area contributed by atoms with E-state index in [9.17, 15) is 4.79 Å². The molecule has 2 rings (SSSR count). The van der Waals surface area contributed by atoms with Gasteiger partial charge in [-0.3, -0.25) is 4.79 Å². The van der Waals surface area contributed by atoms with Gasteiger partial charge in [0.05, 0.1) is 10.0 Å². The van der Waals surface area contributed by atoms with Crippen LogP contribution in [0, 0.1) is 0 Å². The third-order valence-corrected chi connectivity index (χ3v) is 6.20. The molecule has 1 aliphatic heterocycles. The van der Waals surface area contributed by atoms with Crippen molar-refractivity contribution >= 4 is 46.5 Å². The topological polar surface area (TPSA) is 99.7 Å². The Hall–Kier alpha value is -1.92. The third-order valence-electron chi connectivity index (χ3n) is 5.63. The predicted octanol–water partition coefficient (Wildman–Crippen LogP) is 7.86. The summed E-state index contributed by atoms with van der Waals surface area (Å²) in [5.41, 5.74) is 6.65. The Morgan fingerprint density at radius 2 is 1.40 bits per heavy atom. The van der Waals surface area contributed by atoms with Crippen molar-refractivity contribution in [2.24, 2.45) is 4.99 Å². The van der Waals surface area contributed by atoms with Gasteiger partial charge in [0.15, 0.2) is 5.96 Å². The number of hydrogen-bond acceptors (Lipinski definition) is 3. The van der Waals surface area contributed by atoms with Crippen LogP contribution in [0.2, 0.25) is 10.0 Å². The fourth-order valence-electron chi connectivity index (χ4n) is 3.65. The molecule has 0 saturated carbocycles. The molecule has 1 aromatic rings. The summed E-state index contributed by atoms with van der Waals surface area (Å²) < 4.78 is 0. The number of allylic oxidation sites excluding steroid dienone is 2. The van der Waals surface area contributed by atoms with Crippen LogP contribution in [0.15, 0.2) is 29.3 Å². The van der Waals surface area contributed by atoms with Gasteiger partial charge in [0, 0.05) is 25.2 Å². The molecule has 5 N–H and O–H groups in total. The second-order valence-corrected chi connectivity index (χ2v) is 9.69. The number of anilines is 1. The zero-order valence-electron chi connectivity index (χ0n) is 21.3. The van der Waals surface area contributed by atoms with E-state index >= 15 is 0 Å². The molecule has 0 atom stereocenters. The van der Waals surface area contributed by atoms with Crippen LogP contribution in [-0.4, -0.2) is 30.1 Å². The number of carboxylic acid groups (broad SMARTS) is 1. The molecule has 1 aromatic carbocycles. The highest BCUT2D eigenvalue weighted by molar-refractivity contribution is 6.39. The van der Waals surface area contributed by atoms with Crippen molar-refractivity contribution in [1.82, 2.24) is 10.6 Å². The first-order chi connectivity index (χ1) is 16.9. The van der Waals surface area contributed by atoms with Gasteiger partial charge >= 0.3 is 5.97 Å². The highest BCUT2D eigenvalue weighted by Gasteiger charge is 2.10. The minimum absolute atomic E-state index is 0.332. The summed E-state index contributed by atoms with van der Waals surface area (Å²) in [4.78, 5) is 14.6. The lowest BCUT2D eigenvalue weighted by Gasteiger charge is -2.05. The van der Waals surface area contributed by atoms with Crippen LogP contribution in [0.3, 0.4) is 0 Å². The van der Waals surface area contributed by atoms with E-state index in [1.54, 1.807) is 12.1 Å². The van der Waals surface area contributed by atoms with Crippen LogP contribution in [0.5, 0.6) is 0 Å². The Balaban J connectivity index is 0.000000362. The van der Waals surface area contributed by atoms with Gasteiger partial charge in [0.1, 0.15) is 5.69 Å². The number of aliphatic carboxylic acids is 1. The molecule has 0 radical (unpaired) electrons. The molecule has 35 heavy (non-hydrogen) atoms. The van der Waals surface area contributed by atoms with Crippen molar-refractivity contribution in [3.63, 3.8) is 0 Å². The molecule has 1 heterocycles. The molecule has 1 saturated heterocycles. The summed E-state index contributed by atoms with van der Waals surface area (Å²) in [5, 5.41) is 15.5. The first-order valence-electron chi connectivity index (χ1n) is 13.1. The number of unbranched alkanes of at least 4 members (excludes halogenated alkanes) is 11. The van der Waals surface area contributed by atoms with E-state index in [1.165, 1.54) is 70.6 Å². The van der Waals surface area contributed by atoms with Crippen LogP contribution < -0.4 is 16.4 Å². The highest BCUT2D eigenvalue weighted by Crippen LogP contribution is 2.35. The second-order valence-electron chi connectivity index (χ2n) is 8.88. The number of nitrogen functional groups attached to an aromatic ring is 1. The summed E-state index contributed by atoms with van der Waals surface area (Å²) in [6, 6.07) is 3.25. The summed E-state index contributed by atoms with van der Waals surface area (Å²) in [7, 11) is 0. The van der Waals surface area contributed by atoms with E-state index in [2.05, 4.69) is 34.7 Å². The number of carbonyl (C=O) groups is 1. The Labute approximate surface area is 221 Å². The standard InChI is InChI=1S/C18H34O2.C9H10Cl2N4/c1-2-3-4-5-6-7-8-9-10-11-12-13-14-15-16-17-18(19)20;10-6-3-5(12)4-7(11)8(6)15-9-13-1-2-14-9/h9-10H,2-8,11-17H2,1H3,(H,19,20);3-4H,1-2,12H2,(H2,13,14,15)/b10-9-;. The van der Waals surface area contributed by atoms with Gasteiger partial charge in [0.25, 0.3) is 0 Å². The minimum Gasteiger partial charge on any atom is -0.481 e. The van der Waals surface area contributed by atoms with Crippen molar-refractivity contribution in [2.45, 2.75) is 96.8 Å². The number of nitrogens with two attached hydrogens (primary N) is 1. The molecular formula is C27H44Cl2N4O2. The molecule has 0 bridgehead atoms. The number of halogens is 2. The highest BCUT2D eigenvalue weighted by atomic mass is 35.5. The van der Waals surface area contributed by atoms with Crippen molar-refractivity contribution in [3.8, 4) is 0 Å². The lowest BCUT2D eigenvalue weighted by molar-refractivity contribution is -0.137. The van der Waals surface area contributed by atoms with E-state index < -0.39 is 5.97 Å². The maximum atomic E-state index is 10.3. The number of rotatable bonds is 16. The number of aliphatic imine (C=N–C) groups is 1. The van der Waals surface area contributed by atoms with Crippen molar-refractivity contribution < 1.29 is 9.90 Å². The zero-order valence-corrected chi connectivity index (χ0v) is 22.8. The van der Waals surface area contributed by atoms with Gasteiger partial charge < -0.3 is 21.5 Å². The molecule has 1 fully saturated rings. The fourth-order valence-corrected chi connectivity index (χ4v) is 4.24. The maximum Gasteiger partial charge on any atom is 0.303 e. The van der Waals surface area contributed by atoms with Crippen LogP contribution in [0.25, 0.3) is 0 Å².